The lowest BCUT2D eigenvalue weighted by Gasteiger charge is -2.60. The van der Waals surface area contributed by atoms with Crippen LogP contribution in [0.15, 0.2) is 0 Å². The Hall–Kier alpha value is -0.220. The normalized spacial score (nSPS) is 42.0. The monoisotopic (exact) mass is 302 g/mol. The molecule has 0 spiro atoms. The molecule has 0 saturated heterocycles. The van der Waals surface area contributed by atoms with E-state index < -0.39 is 12.5 Å². The molecule has 0 aromatic rings. The van der Waals surface area contributed by atoms with E-state index in [1.54, 1.807) is 0 Å². The highest BCUT2D eigenvalue weighted by atomic mass is 19.3. The van der Waals surface area contributed by atoms with Gasteiger partial charge in [-0.25, -0.2) is 8.78 Å². The van der Waals surface area contributed by atoms with Gasteiger partial charge in [0.1, 0.15) is 6.61 Å². The van der Waals surface area contributed by atoms with Crippen molar-refractivity contribution in [2.45, 2.75) is 70.5 Å². The van der Waals surface area contributed by atoms with Crippen LogP contribution in [0.4, 0.5) is 8.78 Å². The summed E-state index contributed by atoms with van der Waals surface area (Å²) in [5, 5.41) is 0. The average molecular weight is 302 g/mol. The van der Waals surface area contributed by atoms with E-state index in [1.165, 1.54) is 19.3 Å². The first kappa shape index (κ1) is 15.7. The molecule has 0 aromatic carbocycles. The van der Waals surface area contributed by atoms with Gasteiger partial charge >= 0.3 is 0 Å². The first-order valence-corrected chi connectivity index (χ1v) is 8.40. The lowest BCUT2D eigenvalue weighted by molar-refractivity contribution is -0.207. The molecule has 2 nitrogen and oxygen atoms in total. The van der Waals surface area contributed by atoms with Gasteiger partial charge in [-0.2, -0.15) is 0 Å². The summed E-state index contributed by atoms with van der Waals surface area (Å²) in [6.07, 6.45) is 6.18. The Morgan fingerprint density at radius 1 is 1.14 bits per heavy atom. The molecule has 2 unspecified atom stereocenters. The average Bonchev–Trinajstić information content (AvgIpc) is 2.28. The molecule has 4 aliphatic carbocycles. The van der Waals surface area contributed by atoms with Gasteiger partial charge in [-0.05, 0) is 69.6 Å². The number of rotatable bonds is 6. The first-order valence-electron chi connectivity index (χ1n) is 8.40. The second-order valence-corrected chi connectivity index (χ2v) is 8.07. The van der Waals surface area contributed by atoms with Crippen molar-refractivity contribution in [3.8, 4) is 0 Å². The minimum absolute atomic E-state index is 0.0792. The second-order valence-electron chi connectivity index (χ2n) is 8.07. The van der Waals surface area contributed by atoms with Crippen molar-refractivity contribution < 1.29 is 18.3 Å². The molecule has 4 rings (SSSR count). The van der Waals surface area contributed by atoms with E-state index in [0.29, 0.717) is 24.4 Å². The van der Waals surface area contributed by atoms with Gasteiger partial charge in [0.15, 0.2) is 0 Å². The highest BCUT2D eigenvalue weighted by molar-refractivity contribution is 5.06. The number of ether oxygens (including phenoxy) is 2. The Balaban J connectivity index is 1.61. The van der Waals surface area contributed by atoms with Gasteiger partial charge in [0.05, 0.1) is 18.3 Å². The molecule has 0 aromatic heterocycles. The Kier molecular flexibility index (Phi) is 4.07. The summed E-state index contributed by atoms with van der Waals surface area (Å²) >= 11 is 0. The summed E-state index contributed by atoms with van der Waals surface area (Å²) in [6.45, 7) is 5.21. The largest absolute Gasteiger partial charge is 0.375 e. The third kappa shape index (κ3) is 3.42. The lowest BCUT2D eigenvalue weighted by atomic mass is 9.50. The topological polar surface area (TPSA) is 18.5 Å². The van der Waals surface area contributed by atoms with E-state index in [4.69, 9.17) is 9.47 Å². The van der Waals surface area contributed by atoms with Gasteiger partial charge < -0.3 is 9.47 Å². The Labute approximate surface area is 126 Å². The van der Waals surface area contributed by atoms with Crippen molar-refractivity contribution in [3.05, 3.63) is 0 Å². The summed E-state index contributed by atoms with van der Waals surface area (Å²) < 4.78 is 37.4. The SMILES string of the molecule is CC(C)OC12CC3CC(C1)C(COCC(C)(F)F)C(C3)C2. The standard InChI is InChI=1S/C17H28F2O2/c1-11(2)21-17-6-12-4-13(7-17)15(14(5-12)8-17)9-20-10-16(3,18)19/h11-15H,4-10H2,1-3H3. The van der Waals surface area contributed by atoms with Crippen molar-refractivity contribution in [3.63, 3.8) is 0 Å². The van der Waals surface area contributed by atoms with E-state index in [-0.39, 0.29) is 11.7 Å². The van der Waals surface area contributed by atoms with E-state index in [9.17, 15) is 8.78 Å². The molecule has 4 fully saturated rings. The maximum absolute atomic E-state index is 12.9. The van der Waals surface area contributed by atoms with Crippen LogP contribution in [-0.4, -0.2) is 30.8 Å². The van der Waals surface area contributed by atoms with Crippen LogP contribution >= 0.6 is 0 Å². The molecule has 4 bridgehead atoms. The molecule has 0 aliphatic heterocycles. The summed E-state index contributed by atoms with van der Waals surface area (Å²) in [7, 11) is 0. The number of hydrogen-bond acceptors (Lipinski definition) is 2. The molecule has 2 atom stereocenters. The molecule has 4 aliphatic rings. The third-order valence-electron chi connectivity index (χ3n) is 5.56. The fourth-order valence-corrected chi connectivity index (χ4v) is 5.35. The molecule has 0 N–H and O–H groups in total. The number of halogens is 2. The maximum atomic E-state index is 12.9. The van der Waals surface area contributed by atoms with E-state index in [0.717, 1.165) is 25.7 Å². The summed E-state index contributed by atoms with van der Waals surface area (Å²) in [5.74, 6) is -0.243. The summed E-state index contributed by atoms with van der Waals surface area (Å²) in [5.41, 5.74) is 0.0792. The fraction of sp³-hybridized carbons (Fsp3) is 1.00. The van der Waals surface area contributed by atoms with Crippen molar-refractivity contribution in [2.75, 3.05) is 13.2 Å². The number of alkyl halides is 2. The highest BCUT2D eigenvalue weighted by Crippen LogP contribution is 2.59. The molecule has 4 heteroatoms. The highest BCUT2D eigenvalue weighted by Gasteiger charge is 2.56. The lowest BCUT2D eigenvalue weighted by Crippen LogP contribution is -2.57. The quantitative estimate of drug-likeness (QED) is 0.729. The molecule has 21 heavy (non-hydrogen) atoms. The number of hydrogen-bond donors (Lipinski definition) is 0. The molecule has 4 saturated carbocycles. The van der Waals surface area contributed by atoms with Crippen LogP contribution in [0.3, 0.4) is 0 Å². The minimum atomic E-state index is -2.71. The molecule has 0 amide bonds. The van der Waals surface area contributed by atoms with E-state index in [2.05, 4.69) is 13.8 Å². The van der Waals surface area contributed by atoms with Gasteiger partial charge in [-0.3, -0.25) is 0 Å². The van der Waals surface area contributed by atoms with Gasteiger partial charge in [-0.15, -0.1) is 0 Å². The fourth-order valence-electron chi connectivity index (χ4n) is 5.35. The van der Waals surface area contributed by atoms with Crippen molar-refractivity contribution >= 4 is 0 Å². The van der Waals surface area contributed by atoms with Crippen LogP contribution < -0.4 is 0 Å². The zero-order valence-corrected chi connectivity index (χ0v) is 13.4. The Bertz CT molecular complexity index is 357. The molecular formula is C17H28F2O2. The van der Waals surface area contributed by atoms with Crippen LogP contribution in [0.25, 0.3) is 0 Å². The maximum Gasteiger partial charge on any atom is 0.268 e. The van der Waals surface area contributed by atoms with Crippen LogP contribution in [0.2, 0.25) is 0 Å². The van der Waals surface area contributed by atoms with Crippen LogP contribution in [0.5, 0.6) is 0 Å². The van der Waals surface area contributed by atoms with Crippen molar-refractivity contribution in [1.82, 2.24) is 0 Å². The van der Waals surface area contributed by atoms with Gasteiger partial charge in [0, 0.05) is 6.92 Å². The minimum Gasteiger partial charge on any atom is -0.375 e. The summed E-state index contributed by atoms with van der Waals surface area (Å²) in [4.78, 5) is 0. The molecule has 122 valence electrons. The predicted molar refractivity (Wildman–Crippen MR) is 77.4 cm³/mol. The van der Waals surface area contributed by atoms with E-state index in [1.807, 2.05) is 0 Å². The van der Waals surface area contributed by atoms with Crippen molar-refractivity contribution in [2.24, 2.45) is 23.7 Å². The zero-order chi connectivity index (χ0) is 15.3. The molecule has 0 heterocycles. The third-order valence-corrected chi connectivity index (χ3v) is 5.56. The van der Waals surface area contributed by atoms with Crippen molar-refractivity contribution in [1.29, 1.82) is 0 Å². The second kappa shape index (κ2) is 5.45. The predicted octanol–water partition coefficient (Wildman–Crippen LogP) is 4.28. The van der Waals surface area contributed by atoms with Crippen LogP contribution in [0, 0.1) is 23.7 Å². The Morgan fingerprint density at radius 3 is 2.29 bits per heavy atom. The summed E-state index contributed by atoms with van der Waals surface area (Å²) in [6, 6.07) is 0. The molecule has 0 radical (unpaired) electrons. The van der Waals surface area contributed by atoms with Crippen LogP contribution in [0.1, 0.15) is 52.9 Å². The Morgan fingerprint density at radius 2 is 1.76 bits per heavy atom. The van der Waals surface area contributed by atoms with Gasteiger partial charge in [0.2, 0.25) is 0 Å². The van der Waals surface area contributed by atoms with Gasteiger partial charge in [0.25, 0.3) is 5.92 Å². The smallest absolute Gasteiger partial charge is 0.268 e. The van der Waals surface area contributed by atoms with Gasteiger partial charge in [-0.1, -0.05) is 0 Å². The van der Waals surface area contributed by atoms with Crippen LogP contribution in [-0.2, 0) is 9.47 Å². The van der Waals surface area contributed by atoms with E-state index >= 15 is 0 Å². The first-order chi connectivity index (χ1) is 9.76. The molecular weight excluding hydrogens is 274 g/mol. The zero-order valence-electron chi connectivity index (χ0n) is 13.4.